The van der Waals surface area contributed by atoms with Crippen LogP contribution in [0.3, 0.4) is 0 Å². The molecule has 0 spiro atoms. The van der Waals surface area contributed by atoms with E-state index in [4.69, 9.17) is 91.7 Å². The van der Waals surface area contributed by atoms with Gasteiger partial charge in [0.2, 0.25) is 76.0 Å². The van der Waals surface area contributed by atoms with Crippen molar-refractivity contribution in [2.45, 2.75) is 240 Å². The van der Waals surface area contributed by atoms with Crippen LogP contribution in [0.4, 0.5) is 0 Å². The van der Waals surface area contributed by atoms with E-state index in [1.54, 1.807) is 12.1 Å². The molecule has 0 aliphatic rings. The minimum Gasteiger partial charge on any atom is -0.508 e. The van der Waals surface area contributed by atoms with E-state index in [0.717, 1.165) is 0 Å². The summed E-state index contributed by atoms with van der Waals surface area (Å²) in [5.41, 5.74) is 103. The Balaban J connectivity index is 3.90. The largest absolute Gasteiger partial charge is 0.508 e. The second kappa shape index (κ2) is 59.1. The second-order valence-corrected chi connectivity index (χ2v) is 27.0. The summed E-state index contributed by atoms with van der Waals surface area (Å²) in [5.74, 6) is -12.6. The molecule has 1 rings (SSSR count). The predicted molar refractivity (Wildman–Crippen MR) is 416 cm³/mol. The number of rotatable bonds is 69. The molecule has 7 amide bonds. The number of amides is 7. The van der Waals surface area contributed by atoms with Crippen molar-refractivity contribution in [2.75, 3.05) is 58.9 Å². The minimum absolute atomic E-state index is 0.00977. The van der Waals surface area contributed by atoms with E-state index < -0.39 is 194 Å². The lowest BCUT2D eigenvalue weighted by molar-refractivity contribution is -0.142. The highest BCUT2D eigenvalue weighted by Crippen LogP contribution is 2.15. The summed E-state index contributed by atoms with van der Waals surface area (Å²) >= 11 is 0. The van der Waals surface area contributed by atoms with Gasteiger partial charge in [0.15, 0.2) is 0 Å². The fourth-order valence-corrected chi connectivity index (χ4v) is 11.2. The molecule has 1 aromatic carbocycles. The maximum atomic E-state index is 15.0. The minimum atomic E-state index is -1.75. The Kier molecular flexibility index (Phi) is 54.0. The van der Waals surface area contributed by atoms with Gasteiger partial charge in [-0.2, -0.15) is 0 Å². The Hall–Kier alpha value is -7.67. The zero-order valence-electron chi connectivity index (χ0n) is 64.3. The van der Waals surface area contributed by atoms with Crippen molar-refractivity contribution in [2.24, 2.45) is 91.7 Å². The molecule has 0 aromatic heterocycles. The molecule has 0 fully saturated rings. The first-order chi connectivity index (χ1) is 53.0. The number of phenolic OH excluding ortho intramolecular Hbond substituents is 1. The average molecular weight is 1600 g/mol. The average Bonchev–Trinajstić information content (AvgIpc) is 0.870. The van der Waals surface area contributed by atoms with E-state index in [9.17, 15) is 67.4 Å². The standard InChI is InChI=1S/C66H132N32O14/c1-36(99)90-44(17-9-31-86-64(77)78)56(108)94-47(18-10-32-87-65(79)80)58(110)92-41(15-7-29-84-62(73)74)53(105)55(107)43(24-25-50(70)102)98-97-42(16-8-30-85-63(75)76)54(106)52(104)40(14-6-28-83-61(71)72)91-57(109)45(12-2-4-26-67)93-59(111)46(13-3-5-27-68)95-60(112)48(19-11-33-88-66(81)82)96-89-35-49(101)51(103)39(69)34-37-20-22-38(100)23-21-37/h20-23,39-48,61-66,83-89,96-98,100H,2-19,24-35,67-69,71-82H2,1H3,(H2,70,102)(H,90,99)(H,91,109)(H,92,110)(H,93,111)(H,94,108)(H,95,112)/t39-,40-,41-,42-,43-,44-,45-,46-,47-,48-/m0/s1. The highest BCUT2D eigenvalue weighted by Gasteiger charge is 2.39. The molecule has 112 heavy (non-hydrogen) atoms. The van der Waals surface area contributed by atoms with Crippen LogP contribution in [0, 0.1) is 0 Å². The molecule has 0 unspecified atom stereocenters. The van der Waals surface area contributed by atoms with Crippen LogP contribution in [-0.2, 0) is 68.7 Å². The van der Waals surface area contributed by atoms with Crippen molar-refractivity contribution in [1.29, 1.82) is 0 Å². The second-order valence-electron chi connectivity index (χ2n) is 27.0. The normalized spacial score (nSPS) is 14.4. The third kappa shape index (κ3) is 46.5. The third-order valence-corrected chi connectivity index (χ3v) is 17.1. The topological polar surface area (TPSA) is 851 Å². The third-order valence-electron chi connectivity index (χ3n) is 17.1. The summed E-state index contributed by atoms with van der Waals surface area (Å²) in [6.07, 6.45) is -5.76. The molecule has 640 valence electrons. The first-order valence-electron chi connectivity index (χ1n) is 37.7. The summed E-state index contributed by atoms with van der Waals surface area (Å²) in [5, 5.41) is 42.2. The van der Waals surface area contributed by atoms with Crippen LogP contribution in [0.2, 0.25) is 0 Å². The Morgan fingerprint density at radius 3 is 0.955 bits per heavy atom. The smallest absolute Gasteiger partial charge is 0.243 e. The van der Waals surface area contributed by atoms with Gasteiger partial charge in [-0.15, -0.1) is 0 Å². The van der Waals surface area contributed by atoms with Crippen LogP contribution in [0.25, 0.3) is 0 Å². The van der Waals surface area contributed by atoms with E-state index in [1.807, 2.05) is 0 Å². The van der Waals surface area contributed by atoms with Gasteiger partial charge >= 0.3 is 0 Å². The Morgan fingerprint density at radius 1 is 0.339 bits per heavy atom. The number of nitrogens with two attached hydrogens (primary N) is 16. The number of unbranched alkanes of at least 4 members (excludes halogenated alkanes) is 2. The Bertz CT molecular complexity index is 3000. The zero-order chi connectivity index (χ0) is 84.3. The van der Waals surface area contributed by atoms with Crippen molar-refractivity contribution >= 4 is 76.0 Å². The molecule has 0 saturated heterocycles. The number of hydrogen-bond acceptors (Lipinski definition) is 39. The van der Waals surface area contributed by atoms with E-state index in [0.29, 0.717) is 18.4 Å². The van der Waals surface area contributed by atoms with Gasteiger partial charge in [-0.1, -0.05) is 12.1 Å². The Labute approximate surface area is 652 Å². The van der Waals surface area contributed by atoms with E-state index in [1.165, 1.54) is 19.1 Å². The van der Waals surface area contributed by atoms with Crippen LogP contribution in [0.5, 0.6) is 5.75 Å². The van der Waals surface area contributed by atoms with Gasteiger partial charge < -0.3 is 129 Å². The van der Waals surface area contributed by atoms with Gasteiger partial charge in [-0.3, -0.25) is 94.2 Å². The predicted octanol–water partition coefficient (Wildman–Crippen LogP) is -14.2. The highest BCUT2D eigenvalue weighted by atomic mass is 16.3. The van der Waals surface area contributed by atoms with Gasteiger partial charge in [0.1, 0.15) is 67.7 Å². The molecular formula is C66H132N32O14. The van der Waals surface area contributed by atoms with Crippen molar-refractivity contribution in [3.63, 3.8) is 0 Å². The quantitative estimate of drug-likeness (QED) is 0.0125. The lowest BCUT2D eigenvalue weighted by atomic mass is 9.95. The molecule has 0 aliphatic carbocycles. The van der Waals surface area contributed by atoms with Gasteiger partial charge in [-0.05, 0) is 198 Å². The summed E-state index contributed by atoms with van der Waals surface area (Å²) in [6, 6.07) is -8.71. The number of ketones is 6. The molecule has 0 saturated carbocycles. The number of hydrogen-bond donors (Lipinski definition) is 33. The van der Waals surface area contributed by atoms with Crippen LogP contribution in [0.1, 0.15) is 141 Å². The summed E-state index contributed by atoms with van der Waals surface area (Å²) in [6.45, 7) is 1.67. The van der Waals surface area contributed by atoms with Crippen LogP contribution in [-0.4, -0.2) is 238 Å². The van der Waals surface area contributed by atoms with Crippen molar-refractivity contribution in [3.05, 3.63) is 29.8 Å². The number of Topliss-reactive ketones (excluding diaryl/α,β-unsaturated/α-hetero) is 6. The van der Waals surface area contributed by atoms with Crippen molar-refractivity contribution < 1.29 is 67.4 Å². The molecule has 0 bridgehead atoms. The molecule has 1 aromatic rings. The van der Waals surface area contributed by atoms with Gasteiger partial charge in [0.25, 0.3) is 0 Å². The maximum absolute atomic E-state index is 15.0. The molecule has 0 aliphatic heterocycles. The summed E-state index contributed by atoms with van der Waals surface area (Å²) in [4.78, 5) is 183. The molecule has 49 N–H and O–H groups in total. The monoisotopic (exact) mass is 1600 g/mol. The SMILES string of the molecule is CC(=O)N[C@@H](CCCNC(N)N)C(=O)N[C@@H](CCCNC(N)N)C(=O)N[C@@H](CCCNC(N)N)C(=O)C(=O)[C@H](CCC(N)=O)NN[C@@H](CCCNC(N)N)C(=O)C(=O)[C@H](CCCNC(N)N)NC(=O)[C@H](CCCCN)NC(=O)[C@H](CCCCN)NC(=O)[C@H](CCCNC(N)N)NNCC(=O)C(=O)[C@@H](N)Cc1ccc(O)cc1. The van der Waals surface area contributed by atoms with E-state index >= 15 is 0 Å². The van der Waals surface area contributed by atoms with Gasteiger partial charge in [0.05, 0.1) is 42.8 Å². The number of benzene rings is 1. The number of nitrogens with one attached hydrogen (secondary N) is 16. The lowest BCUT2D eigenvalue weighted by Gasteiger charge is -2.28. The van der Waals surface area contributed by atoms with Crippen LogP contribution < -0.4 is 177 Å². The van der Waals surface area contributed by atoms with Gasteiger partial charge in [-0.25, -0.2) is 21.7 Å². The fourth-order valence-electron chi connectivity index (χ4n) is 11.2. The fraction of sp³-hybridized carbons (Fsp3) is 0.712. The number of phenols is 1. The first-order valence-corrected chi connectivity index (χ1v) is 37.7. The van der Waals surface area contributed by atoms with Crippen molar-refractivity contribution in [1.82, 2.24) is 85.5 Å². The molecular weight excluding hydrogens is 1460 g/mol. The first kappa shape index (κ1) is 102. The van der Waals surface area contributed by atoms with Crippen LogP contribution >= 0.6 is 0 Å². The highest BCUT2D eigenvalue weighted by molar-refractivity contribution is 6.42. The number of carbonyl (C=O) groups excluding carboxylic acids is 13. The number of hydrazine groups is 2. The van der Waals surface area contributed by atoms with E-state index in [2.05, 4.69) is 85.5 Å². The van der Waals surface area contributed by atoms with Gasteiger partial charge in [0, 0.05) is 13.3 Å². The zero-order valence-corrected chi connectivity index (χ0v) is 64.3. The molecule has 10 atom stereocenters. The lowest BCUT2D eigenvalue weighted by Crippen LogP contribution is -2.60. The molecule has 46 heteroatoms. The summed E-state index contributed by atoms with van der Waals surface area (Å²) < 4.78 is 0. The molecule has 0 radical (unpaired) electrons. The number of primary amides is 1. The molecule has 0 heterocycles. The maximum Gasteiger partial charge on any atom is 0.243 e. The van der Waals surface area contributed by atoms with E-state index in [-0.39, 0.29) is 167 Å². The molecule has 46 nitrogen and oxygen atoms in total. The van der Waals surface area contributed by atoms with Crippen molar-refractivity contribution in [3.8, 4) is 5.75 Å². The number of aromatic hydroxyl groups is 1. The Morgan fingerprint density at radius 2 is 0.625 bits per heavy atom. The summed E-state index contributed by atoms with van der Waals surface area (Å²) in [7, 11) is 0. The van der Waals surface area contributed by atoms with Crippen LogP contribution in [0.15, 0.2) is 24.3 Å². The number of carbonyl (C=O) groups is 13.